The van der Waals surface area contributed by atoms with Gasteiger partial charge in [-0.3, -0.25) is 14.5 Å². The van der Waals surface area contributed by atoms with E-state index in [2.05, 4.69) is 0 Å². The van der Waals surface area contributed by atoms with Gasteiger partial charge in [-0.1, -0.05) is 60.4 Å². The van der Waals surface area contributed by atoms with Crippen LogP contribution in [0, 0.1) is 0 Å². The second-order valence-electron chi connectivity index (χ2n) is 6.00. The largest absolute Gasteiger partial charge is 0.481 e. The first kappa shape index (κ1) is 19.5. The number of aliphatic carboxylic acids is 1. The SMILES string of the molecule is O=C(O)CCCN1C(=O)C(=Cc2cccc3cccc(C(O)O)c23)SC1=S. The fraction of sp³-hybridized carbons (Fsp3) is 0.211. The molecule has 0 unspecified atom stereocenters. The zero-order valence-electron chi connectivity index (χ0n) is 14.2. The Kier molecular flexibility index (Phi) is 5.91. The predicted octanol–water partition coefficient (Wildman–Crippen LogP) is 2.89. The van der Waals surface area contributed by atoms with Crippen LogP contribution in [0.2, 0.25) is 0 Å². The first-order valence-corrected chi connectivity index (χ1v) is 9.46. The number of carbonyl (C=O) groups excluding carboxylic acids is 1. The lowest BCUT2D eigenvalue weighted by Crippen LogP contribution is -2.29. The quantitative estimate of drug-likeness (QED) is 0.388. The molecule has 2 aromatic rings. The third kappa shape index (κ3) is 4.19. The summed E-state index contributed by atoms with van der Waals surface area (Å²) < 4.78 is 0.388. The van der Waals surface area contributed by atoms with Crippen LogP contribution in [0.4, 0.5) is 0 Å². The van der Waals surface area contributed by atoms with E-state index in [-0.39, 0.29) is 18.9 Å². The molecule has 8 heteroatoms. The molecule has 1 aliphatic heterocycles. The van der Waals surface area contributed by atoms with Gasteiger partial charge in [-0.25, -0.2) is 0 Å². The van der Waals surface area contributed by atoms with Crippen molar-refractivity contribution in [2.75, 3.05) is 6.54 Å². The van der Waals surface area contributed by atoms with Gasteiger partial charge in [0.25, 0.3) is 5.91 Å². The minimum Gasteiger partial charge on any atom is -0.481 e. The average molecular weight is 403 g/mol. The number of nitrogens with zero attached hydrogens (tertiary/aromatic N) is 1. The molecule has 1 aliphatic rings. The van der Waals surface area contributed by atoms with Crippen LogP contribution in [0.25, 0.3) is 16.8 Å². The molecule has 3 rings (SSSR count). The van der Waals surface area contributed by atoms with Crippen LogP contribution in [0.3, 0.4) is 0 Å². The maximum Gasteiger partial charge on any atom is 0.303 e. The maximum atomic E-state index is 12.7. The summed E-state index contributed by atoms with van der Waals surface area (Å²) >= 11 is 6.41. The Hall–Kier alpha value is -2.26. The van der Waals surface area contributed by atoms with Crippen molar-refractivity contribution in [1.82, 2.24) is 4.90 Å². The second kappa shape index (κ2) is 8.18. The second-order valence-corrected chi connectivity index (χ2v) is 7.67. The van der Waals surface area contributed by atoms with Crippen LogP contribution in [-0.2, 0) is 9.59 Å². The van der Waals surface area contributed by atoms with Crippen molar-refractivity contribution in [3.63, 3.8) is 0 Å². The lowest BCUT2D eigenvalue weighted by Gasteiger charge is -2.13. The van der Waals surface area contributed by atoms with E-state index in [1.807, 2.05) is 18.2 Å². The van der Waals surface area contributed by atoms with Crippen molar-refractivity contribution in [2.24, 2.45) is 0 Å². The van der Waals surface area contributed by atoms with Crippen molar-refractivity contribution < 1.29 is 24.9 Å². The third-order valence-electron chi connectivity index (χ3n) is 4.18. The number of aliphatic hydroxyl groups excluding tert-OH is 1. The van der Waals surface area contributed by atoms with Gasteiger partial charge >= 0.3 is 5.97 Å². The molecule has 1 amide bonds. The predicted molar refractivity (Wildman–Crippen MR) is 108 cm³/mol. The molecule has 0 saturated carbocycles. The summed E-state index contributed by atoms with van der Waals surface area (Å²) in [5.74, 6) is -1.18. The van der Waals surface area contributed by atoms with Gasteiger partial charge in [-0.2, -0.15) is 0 Å². The van der Waals surface area contributed by atoms with Gasteiger partial charge in [0.05, 0.1) is 4.91 Å². The Morgan fingerprint density at radius 1 is 1.22 bits per heavy atom. The Bertz CT molecular complexity index is 949. The van der Waals surface area contributed by atoms with E-state index in [1.54, 1.807) is 24.3 Å². The molecule has 0 radical (unpaired) electrons. The lowest BCUT2D eigenvalue weighted by molar-refractivity contribution is -0.137. The molecular weight excluding hydrogens is 386 g/mol. The number of fused-ring (bicyclic) bond motifs is 1. The van der Waals surface area contributed by atoms with Gasteiger partial charge in [0, 0.05) is 18.5 Å². The van der Waals surface area contributed by atoms with Crippen LogP contribution < -0.4 is 0 Å². The third-order valence-corrected chi connectivity index (χ3v) is 5.56. The number of thiocarbonyl (C=S) groups is 1. The first-order valence-electron chi connectivity index (χ1n) is 8.23. The topological polar surface area (TPSA) is 98.1 Å². The summed E-state index contributed by atoms with van der Waals surface area (Å²) in [5.41, 5.74) is 1.04. The Labute approximate surface area is 165 Å². The standard InChI is InChI=1S/C19H17NO5S2/c21-15(22)8-3-9-20-17(23)14(27-19(20)26)10-12-6-1-4-11-5-2-7-13(16(11)12)18(24)25/h1-2,4-7,10,18,24-25H,3,8-9H2,(H,21,22). The smallest absolute Gasteiger partial charge is 0.303 e. The Balaban J connectivity index is 1.94. The normalized spacial score (nSPS) is 16.1. The molecule has 1 heterocycles. The maximum absolute atomic E-state index is 12.7. The highest BCUT2D eigenvalue weighted by atomic mass is 32.2. The Morgan fingerprint density at radius 2 is 1.93 bits per heavy atom. The van der Waals surface area contributed by atoms with E-state index >= 15 is 0 Å². The van der Waals surface area contributed by atoms with Gasteiger partial charge < -0.3 is 15.3 Å². The average Bonchev–Trinajstić information content (AvgIpc) is 2.88. The van der Waals surface area contributed by atoms with Crippen molar-refractivity contribution in [2.45, 2.75) is 19.1 Å². The molecule has 27 heavy (non-hydrogen) atoms. The van der Waals surface area contributed by atoms with Crippen LogP contribution in [0.5, 0.6) is 0 Å². The van der Waals surface area contributed by atoms with E-state index < -0.39 is 12.3 Å². The van der Waals surface area contributed by atoms with Crippen molar-refractivity contribution in [3.8, 4) is 0 Å². The van der Waals surface area contributed by atoms with E-state index in [4.69, 9.17) is 17.3 Å². The van der Waals surface area contributed by atoms with E-state index in [0.717, 1.165) is 17.1 Å². The highest BCUT2D eigenvalue weighted by molar-refractivity contribution is 8.26. The number of thioether (sulfide) groups is 1. The van der Waals surface area contributed by atoms with E-state index in [0.29, 0.717) is 32.2 Å². The number of rotatable bonds is 6. The Morgan fingerprint density at radius 3 is 2.59 bits per heavy atom. The van der Waals surface area contributed by atoms with Gasteiger partial charge in [-0.05, 0) is 28.8 Å². The van der Waals surface area contributed by atoms with Crippen LogP contribution in [0.1, 0.15) is 30.3 Å². The number of amides is 1. The van der Waals surface area contributed by atoms with E-state index in [9.17, 15) is 19.8 Å². The number of carbonyl (C=O) groups is 2. The monoisotopic (exact) mass is 403 g/mol. The summed E-state index contributed by atoms with van der Waals surface area (Å²) in [6.45, 7) is 0.254. The first-order chi connectivity index (χ1) is 12.9. The zero-order chi connectivity index (χ0) is 19.6. The van der Waals surface area contributed by atoms with Crippen LogP contribution in [0.15, 0.2) is 41.3 Å². The van der Waals surface area contributed by atoms with E-state index in [1.165, 1.54) is 4.90 Å². The fourth-order valence-electron chi connectivity index (χ4n) is 2.96. The lowest BCUT2D eigenvalue weighted by atomic mass is 9.98. The summed E-state index contributed by atoms with van der Waals surface area (Å²) in [4.78, 5) is 25.1. The molecule has 0 bridgehead atoms. The van der Waals surface area contributed by atoms with Gasteiger partial charge in [0.1, 0.15) is 4.32 Å². The highest BCUT2D eigenvalue weighted by Gasteiger charge is 2.31. The molecule has 3 N–H and O–H groups in total. The number of benzene rings is 2. The minimum absolute atomic E-state index is 0.0306. The van der Waals surface area contributed by atoms with Crippen molar-refractivity contribution in [1.29, 1.82) is 0 Å². The summed E-state index contributed by atoms with van der Waals surface area (Å²) in [6.07, 6.45) is 0.347. The number of hydrogen-bond acceptors (Lipinski definition) is 6. The van der Waals surface area contributed by atoms with Crippen LogP contribution in [-0.4, -0.2) is 43.0 Å². The number of aliphatic hydroxyl groups is 2. The molecule has 140 valence electrons. The van der Waals surface area contributed by atoms with Gasteiger partial charge in [0.2, 0.25) is 0 Å². The molecule has 6 nitrogen and oxygen atoms in total. The zero-order valence-corrected chi connectivity index (χ0v) is 15.8. The molecule has 1 saturated heterocycles. The molecule has 0 atom stereocenters. The van der Waals surface area contributed by atoms with Crippen molar-refractivity contribution >= 4 is 57.0 Å². The summed E-state index contributed by atoms with van der Waals surface area (Å²) in [7, 11) is 0. The molecular formula is C19H17NO5S2. The van der Waals surface area contributed by atoms with Crippen LogP contribution >= 0.6 is 24.0 Å². The molecule has 0 aromatic heterocycles. The van der Waals surface area contributed by atoms with Gasteiger partial charge in [0.15, 0.2) is 6.29 Å². The molecule has 2 aromatic carbocycles. The number of carboxylic acid groups (broad SMARTS) is 1. The number of carboxylic acids is 1. The summed E-state index contributed by atoms with van der Waals surface area (Å²) in [6, 6.07) is 10.7. The molecule has 0 spiro atoms. The number of hydrogen-bond donors (Lipinski definition) is 3. The highest BCUT2D eigenvalue weighted by Crippen LogP contribution is 2.35. The van der Waals surface area contributed by atoms with Gasteiger partial charge in [-0.15, -0.1) is 0 Å². The molecule has 0 aliphatic carbocycles. The molecule has 1 fully saturated rings. The minimum atomic E-state index is -1.63. The van der Waals surface area contributed by atoms with Crippen molar-refractivity contribution in [3.05, 3.63) is 52.4 Å². The summed E-state index contributed by atoms with van der Waals surface area (Å²) in [5, 5.41) is 29.6. The fourth-order valence-corrected chi connectivity index (χ4v) is 4.26.